The summed E-state index contributed by atoms with van der Waals surface area (Å²) in [6, 6.07) is 53.8. The summed E-state index contributed by atoms with van der Waals surface area (Å²) < 4.78 is 2.34. The molecule has 1 aromatic heterocycles. The molecule has 8 rings (SSSR count). The highest BCUT2D eigenvalue weighted by Gasteiger charge is 2.13. The molecule has 0 fully saturated rings. The number of benzene rings is 7. The Labute approximate surface area is 238 Å². The molecule has 0 aliphatic rings. The zero-order valence-electron chi connectivity index (χ0n) is 22.4. The largest absolute Gasteiger partial charge is 0.356 e. The van der Waals surface area contributed by atoms with Gasteiger partial charge in [0.15, 0.2) is 0 Å². The third kappa shape index (κ3) is 4.16. The third-order valence-electron chi connectivity index (χ3n) is 7.88. The molecule has 2 N–H and O–H groups in total. The van der Waals surface area contributed by atoms with Gasteiger partial charge < -0.3 is 15.2 Å². The minimum absolute atomic E-state index is 1.07. The fraction of sp³-hybridized carbons (Fsp3) is 0. The molecule has 8 aromatic rings. The van der Waals surface area contributed by atoms with Crippen molar-refractivity contribution in [2.75, 3.05) is 10.6 Å². The van der Waals surface area contributed by atoms with Crippen LogP contribution in [0.5, 0.6) is 0 Å². The molecule has 0 saturated heterocycles. The number of rotatable bonds is 5. The lowest BCUT2D eigenvalue weighted by atomic mass is 10.0. The van der Waals surface area contributed by atoms with E-state index in [2.05, 4.69) is 149 Å². The summed E-state index contributed by atoms with van der Waals surface area (Å²) in [6.45, 7) is 0. The van der Waals surface area contributed by atoms with Crippen LogP contribution in [0.15, 0.2) is 152 Å². The highest BCUT2D eigenvalue weighted by molar-refractivity contribution is 6.11. The minimum Gasteiger partial charge on any atom is -0.356 e. The number of aromatic nitrogens is 1. The van der Waals surface area contributed by atoms with E-state index in [1.807, 2.05) is 18.2 Å². The first-order valence-corrected chi connectivity index (χ1v) is 13.9. The Morgan fingerprint density at radius 1 is 0.341 bits per heavy atom. The van der Waals surface area contributed by atoms with Crippen LogP contribution in [0.2, 0.25) is 0 Å². The highest BCUT2D eigenvalue weighted by Crippen LogP contribution is 2.35. The fourth-order valence-electron chi connectivity index (χ4n) is 5.97. The van der Waals surface area contributed by atoms with E-state index < -0.39 is 0 Å². The number of anilines is 4. The molecule has 0 aliphatic carbocycles. The number of hydrogen-bond donors (Lipinski definition) is 2. The number of nitrogens with zero attached hydrogens (tertiary/aromatic N) is 1. The smallest absolute Gasteiger partial charge is 0.0542 e. The Kier molecular flexibility index (Phi) is 5.46. The molecular formula is C38H27N3. The number of nitrogens with one attached hydrogen (secondary N) is 2. The molecule has 0 amide bonds. The zero-order chi connectivity index (χ0) is 27.2. The van der Waals surface area contributed by atoms with Crippen LogP contribution in [-0.4, -0.2) is 4.57 Å². The molecular weight excluding hydrogens is 498 g/mol. The van der Waals surface area contributed by atoms with Crippen molar-refractivity contribution >= 4 is 66.1 Å². The summed E-state index contributed by atoms with van der Waals surface area (Å²) in [7, 11) is 0. The maximum atomic E-state index is 3.70. The van der Waals surface area contributed by atoms with Gasteiger partial charge in [-0.05, 0) is 94.3 Å². The van der Waals surface area contributed by atoms with Crippen molar-refractivity contribution in [2.24, 2.45) is 0 Å². The van der Waals surface area contributed by atoms with Gasteiger partial charge >= 0.3 is 0 Å². The summed E-state index contributed by atoms with van der Waals surface area (Å²) in [5, 5.41) is 14.6. The Bertz CT molecular complexity index is 2200. The summed E-state index contributed by atoms with van der Waals surface area (Å²) in [6.07, 6.45) is 0. The maximum Gasteiger partial charge on any atom is 0.0542 e. The molecule has 0 radical (unpaired) electrons. The van der Waals surface area contributed by atoms with Crippen LogP contribution in [0.25, 0.3) is 49.0 Å². The van der Waals surface area contributed by atoms with Crippen molar-refractivity contribution in [1.82, 2.24) is 4.57 Å². The average molecular weight is 526 g/mol. The first-order valence-electron chi connectivity index (χ1n) is 13.9. The van der Waals surface area contributed by atoms with E-state index in [1.165, 1.54) is 49.0 Å². The van der Waals surface area contributed by atoms with Gasteiger partial charge in [-0.3, -0.25) is 0 Å². The second-order valence-electron chi connectivity index (χ2n) is 10.5. The van der Waals surface area contributed by atoms with Crippen LogP contribution >= 0.6 is 0 Å². The predicted octanol–water partition coefficient (Wildman–Crippen LogP) is 10.6. The highest BCUT2D eigenvalue weighted by atomic mass is 15.0. The molecule has 41 heavy (non-hydrogen) atoms. The predicted molar refractivity (Wildman–Crippen MR) is 175 cm³/mol. The van der Waals surface area contributed by atoms with Gasteiger partial charge in [-0.25, -0.2) is 0 Å². The minimum atomic E-state index is 1.07. The van der Waals surface area contributed by atoms with Crippen molar-refractivity contribution in [3.05, 3.63) is 152 Å². The van der Waals surface area contributed by atoms with Crippen LogP contribution in [-0.2, 0) is 0 Å². The Morgan fingerprint density at radius 2 is 0.829 bits per heavy atom. The van der Waals surface area contributed by atoms with E-state index >= 15 is 0 Å². The first-order chi connectivity index (χ1) is 20.3. The third-order valence-corrected chi connectivity index (χ3v) is 7.88. The average Bonchev–Trinajstić information content (AvgIpc) is 3.36. The summed E-state index contributed by atoms with van der Waals surface area (Å²) in [5.74, 6) is 0. The van der Waals surface area contributed by atoms with Gasteiger partial charge in [0.05, 0.1) is 11.0 Å². The lowest BCUT2D eigenvalue weighted by Crippen LogP contribution is -1.94. The summed E-state index contributed by atoms with van der Waals surface area (Å²) in [4.78, 5) is 0. The monoisotopic (exact) mass is 525 g/mol. The summed E-state index contributed by atoms with van der Waals surface area (Å²) in [5.41, 5.74) is 7.88. The zero-order valence-corrected chi connectivity index (χ0v) is 22.4. The molecule has 1 heterocycles. The Hall–Kier alpha value is -5.54. The Morgan fingerprint density at radius 3 is 1.51 bits per heavy atom. The van der Waals surface area contributed by atoms with Crippen molar-refractivity contribution in [3.63, 3.8) is 0 Å². The van der Waals surface area contributed by atoms with E-state index in [4.69, 9.17) is 0 Å². The van der Waals surface area contributed by atoms with Gasteiger partial charge in [0.2, 0.25) is 0 Å². The van der Waals surface area contributed by atoms with E-state index in [0.717, 1.165) is 22.7 Å². The molecule has 3 heteroatoms. The van der Waals surface area contributed by atoms with E-state index in [9.17, 15) is 0 Å². The topological polar surface area (TPSA) is 29.0 Å². The lowest BCUT2D eigenvalue weighted by Gasteiger charge is -2.12. The van der Waals surface area contributed by atoms with Gasteiger partial charge in [0, 0.05) is 39.2 Å². The number of para-hydroxylation sites is 3. The quantitative estimate of drug-likeness (QED) is 0.219. The summed E-state index contributed by atoms with van der Waals surface area (Å²) >= 11 is 0. The molecule has 3 nitrogen and oxygen atoms in total. The molecule has 0 spiro atoms. The molecule has 0 unspecified atom stereocenters. The number of fused-ring (bicyclic) bond motifs is 6. The van der Waals surface area contributed by atoms with E-state index in [0.29, 0.717) is 0 Å². The lowest BCUT2D eigenvalue weighted by molar-refractivity contribution is 1.18. The van der Waals surface area contributed by atoms with Gasteiger partial charge in [0.25, 0.3) is 0 Å². The molecule has 7 aromatic carbocycles. The van der Waals surface area contributed by atoms with E-state index in [-0.39, 0.29) is 0 Å². The van der Waals surface area contributed by atoms with Crippen molar-refractivity contribution < 1.29 is 0 Å². The van der Waals surface area contributed by atoms with Crippen LogP contribution in [0.3, 0.4) is 0 Å². The SMILES string of the molecule is c1ccc(Nc2ccc3ccc4ccc(Nc5ccc6c(c5)c5ccccc5n6-c5ccccc5)cc4c3c2)cc1. The second-order valence-corrected chi connectivity index (χ2v) is 10.5. The normalized spacial score (nSPS) is 11.4. The first kappa shape index (κ1) is 23.4. The van der Waals surface area contributed by atoms with Crippen molar-refractivity contribution in [1.29, 1.82) is 0 Å². The van der Waals surface area contributed by atoms with Gasteiger partial charge in [-0.15, -0.1) is 0 Å². The van der Waals surface area contributed by atoms with Gasteiger partial charge in [0.1, 0.15) is 0 Å². The van der Waals surface area contributed by atoms with Gasteiger partial charge in [-0.2, -0.15) is 0 Å². The number of hydrogen-bond acceptors (Lipinski definition) is 2. The van der Waals surface area contributed by atoms with Crippen LogP contribution < -0.4 is 10.6 Å². The second kappa shape index (κ2) is 9.58. The van der Waals surface area contributed by atoms with Gasteiger partial charge in [-0.1, -0.05) is 78.9 Å². The molecule has 0 atom stereocenters. The van der Waals surface area contributed by atoms with Crippen LogP contribution in [0.4, 0.5) is 22.7 Å². The van der Waals surface area contributed by atoms with Crippen LogP contribution in [0, 0.1) is 0 Å². The molecule has 0 aliphatic heterocycles. The van der Waals surface area contributed by atoms with Crippen LogP contribution in [0.1, 0.15) is 0 Å². The molecule has 0 saturated carbocycles. The standard InChI is InChI=1S/C38H27N3/c1-3-9-28(10-4-1)39-29-19-17-26-15-16-27-18-20-30(24-35(27)34(26)23-29)40-31-21-22-38-36(25-31)33-13-7-8-14-37(33)41(38)32-11-5-2-6-12-32/h1-25,39-40H. The fourth-order valence-corrected chi connectivity index (χ4v) is 5.97. The van der Waals surface area contributed by atoms with Crippen molar-refractivity contribution in [3.8, 4) is 5.69 Å². The maximum absolute atomic E-state index is 3.70. The van der Waals surface area contributed by atoms with E-state index in [1.54, 1.807) is 0 Å². The Balaban J connectivity index is 1.20. The molecule has 0 bridgehead atoms. The van der Waals surface area contributed by atoms with Crippen molar-refractivity contribution in [2.45, 2.75) is 0 Å². The molecule has 194 valence electrons.